The van der Waals surface area contributed by atoms with Crippen LogP contribution in [0.2, 0.25) is 0 Å². The molecule has 7 heteroatoms. The van der Waals surface area contributed by atoms with Crippen molar-refractivity contribution in [3.05, 3.63) is 76.4 Å². The molecule has 1 atom stereocenters. The number of para-hydroxylation sites is 1. The lowest BCUT2D eigenvalue weighted by molar-refractivity contribution is -0.118. The lowest BCUT2D eigenvalue weighted by Crippen LogP contribution is -2.39. The van der Waals surface area contributed by atoms with E-state index >= 15 is 0 Å². The zero-order valence-corrected chi connectivity index (χ0v) is 20.0. The van der Waals surface area contributed by atoms with Crippen molar-refractivity contribution in [1.82, 2.24) is 5.32 Å². The fraction of sp³-hybridized carbons (Fsp3) is 0.333. The number of carbonyl (C=O) groups is 2. The Kier molecular flexibility index (Phi) is 6.21. The summed E-state index contributed by atoms with van der Waals surface area (Å²) in [7, 11) is 3.10. The van der Waals surface area contributed by atoms with Crippen LogP contribution in [-0.2, 0) is 9.59 Å². The van der Waals surface area contributed by atoms with Crippen molar-refractivity contribution in [3.63, 3.8) is 0 Å². The normalized spacial score (nSPS) is 19.4. The minimum Gasteiger partial charge on any atom is -0.497 e. The number of Topliss-reactive ketones (excluding diaryl/α,β-unsaturated/α-hetero) is 1. The molecule has 0 fully saturated rings. The summed E-state index contributed by atoms with van der Waals surface area (Å²) in [4.78, 5) is 27.1. The minimum absolute atomic E-state index is 0.0303. The topological polar surface area (TPSA) is 76.7 Å². The van der Waals surface area contributed by atoms with Gasteiger partial charge in [-0.1, -0.05) is 26.0 Å². The molecule has 178 valence electrons. The van der Waals surface area contributed by atoms with Gasteiger partial charge in [0.05, 0.1) is 25.8 Å². The van der Waals surface area contributed by atoms with Gasteiger partial charge in [0.15, 0.2) is 5.78 Å². The van der Waals surface area contributed by atoms with Gasteiger partial charge in [0.2, 0.25) is 0 Å². The molecule has 6 nitrogen and oxygen atoms in total. The van der Waals surface area contributed by atoms with Crippen LogP contribution in [0.25, 0.3) is 0 Å². The third kappa shape index (κ3) is 4.30. The van der Waals surface area contributed by atoms with Crippen LogP contribution in [-0.4, -0.2) is 25.9 Å². The molecule has 1 aliphatic carbocycles. The lowest BCUT2D eigenvalue weighted by atomic mass is 9.68. The number of rotatable bonds is 5. The molecule has 1 aliphatic heterocycles. The van der Waals surface area contributed by atoms with E-state index in [2.05, 4.69) is 24.5 Å². The lowest BCUT2D eigenvalue weighted by Gasteiger charge is -2.40. The highest BCUT2D eigenvalue weighted by atomic mass is 19.1. The average Bonchev–Trinajstić information content (AvgIpc) is 2.78. The van der Waals surface area contributed by atoms with E-state index in [1.807, 2.05) is 0 Å². The standard InChI is InChI=1S/C27H29FN2O4/c1-15-23(26(32)30-19-9-7-6-8-18(19)28)24(17-12-16(33-4)10-11-22(17)34-5)25-20(29-15)13-27(2,3)14-21(25)31/h6-12,24,29H,13-14H2,1-5H3,(H,30,32)/t24-/m1/s1. The second-order valence-electron chi connectivity index (χ2n) is 9.47. The van der Waals surface area contributed by atoms with Crippen molar-refractivity contribution in [2.24, 2.45) is 5.41 Å². The summed E-state index contributed by atoms with van der Waals surface area (Å²) in [5.74, 6) is -0.653. The van der Waals surface area contributed by atoms with Crippen LogP contribution in [0.1, 0.15) is 45.1 Å². The van der Waals surface area contributed by atoms with Crippen LogP contribution in [0.4, 0.5) is 10.1 Å². The highest BCUT2D eigenvalue weighted by molar-refractivity contribution is 6.10. The number of allylic oxidation sites excluding steroid dienone is 3. The Hall–Kier alpha value is -3.61. The van der Waals surface area contributed by atoms with Crippen molar-refractivity contribution in [2.75, 3.05) is 19.5 Å². The maximum absolute atomic E-state index is 14.3. The molecule has 2 aromatic rings. The first-order valence-electron chi connectivity index (χ1n) is 11.2. The SMILES string of the molecule is COc1ccc(OC)c([C@@H]2C(C(=O)Nc3ccccc3F)=C(C)NC3=C2C(=O)CC(C)(C)C3)c1. The molecule has 2 aromatic carbocycles. The number of carbonyl (C=O) groups excluding carboxylic acids is 2. The monoisotopic (exact) mass is 464 g/mol. The van der Waals surface area contributed by atoms with E-state index in [-0.39, 0.29) is 16.9 Å². The fourth-order valence-corrected chi connectivity index (χ4v) is 4.87. The van der Waals surface area contributed by atoms with Gasteiger partial charge >= 0.3 is 0 Å². The van der Waals surface area contributed by atoms with Crippen molar-refractivity contribution < 1.29 is 23.5 Å². The number of ether oxygens (including phenoxy) is 2. The Bertz CT molecular complexity index is 1230. The molecule has 0 unspecified atom stereocenters. The Balaban J connectivity index is 1.89. The van der Waals surface area contributed by atoms with Crippen LogP contribution in [0.5, 0.6) is 11.5 Å². The number of dihydropyridines is 1. The number of ketones is 1. The molecule has 0 saturated carbocycles. The van der Waals surface area contributed by atoms with Gasteiger partial charge in [-0.15, -0.1) is 0 Å². The van der Waals surface area contributed by atoms with E-state index in [0.717, 1.165) is 5.70 Å². The van der Waals surface area contributed by atoms with Crippen LogP contribution in [0, 0.1) is 11.2 Å². The maximum atomic E-state index is 14.3. The molecule has 2 N–H and O–H groups in total. The average molecular weight is 465 g/mol. The third-order valence-electron chi connectivity index (χ3n) is 6.35. The predicted octanol–water partition coefficient (Wildman–Crippen LogP) is 5.09. The highest BCUT2D eigenvalue weighted by Gasteiger charge is 2.43. The number of hydrogen-bond donors (Lipinski definition) is 2. The van der Waals surface area contributed by atoms with Crippen LogP contribution < -0.4 is 20.1 Å². The summed E-state index contributed by atoms with van der Waals surface area (Å²) < 4.78 is 25.4. The van der Waals surface area contributed by atoms with Crippen LogP contribution in [0.15, 0.2) is 65.0 Å². The van der Waals surface area contributed by atoms with Gasteiger partial charge in [-0.25, -0.2) is 4.39 Å². The number of nitrogens with one attached hydrogen (secondary N) is 2. The second kappa shape index (κ2) is 8.97. The van der Waals surface area contributed by atoms with Crippen molar-refractivity contribution in [3.8, 4) is 11.5 Å². The van der Waals surface area contributed by atoms with E-state index in [1.54, 1.807) is 51.5 Å². The van der Waals surface area contributed by atoms with E-state index < -0.39 is 17.6 Å². The third-order valence-corrected chi connectivity index (χ3v) is 6.35. The quantitative estimate of drug-likeness (QED) is 0.645. The summed E-state index contributed by atoms with van der Waals surface area (Å²) in [5.41, 5.74) is 2.78. The Labute approximate surface area is 198 Å². The van der Waals surface area contributed by atoms with Crippen LogP contribution >= 0.6 is 0 Å². The van der Waals surface area contributed by atoms with Gasteiger partial charge in [0, 0.05) is 34.5 Å². The van der Waals surface area contributed by atoms with Gasteiger partial charge < -0.3 is 20.1 Å². The zero-order valence-electron chi connectivity index (χ0n) is 20.0. The van der Waals surface area contributed by atoms with Gasteiger partial charge in [0.1, 0.15) is 17.3 Å². The van der Waals surface area contributed by atoms with Gasteiger partial charge in [-0.05, 0) is 49.1 Å². The molecule has 0 radical (unpaired) electrons. The fourth-order valence-electron chi connectivity index (χ4n) is 4.87. The largest absolute Gasteiger partial charge is 0.497 e. The minimum atomic E-state index is -0.698. The second-order valence-corrected chi connectivity index (χ2v) is 9.47. The number of halogens is 1. The molecule has 0 bridgehead atoms. The molecule has 0 saturated heterocycles. The molecule has 0 spiro atoms. The first kappa shape index (κ1) is 23.5. The molecule has 1 heterocycles. The summed E-state index contributed by atoms with van der Waals surface area (Å²) in [5, 5.41) is 6.00. The van der Waals surface area contributed by atoms with Crippen molar-refractivity contribution in [2.45, 2.75) is 39.5 Å². The molecule has 1 amide bonds. The Morgan fingerprint density at radius 3 is 2.53 bits per heavy atom. The predicted molar refractivity (Wildman–Crippen MR) is 128 cm³/mol. The number of methoxy groups -OCH3 is 2. The zero-order chi connectivity index (χ0) is 24.6. The van der Waals surface area contributed by atoms with Gasteiger partial charge in [0.25, 0.3) is 5.91 Å². The highest BCUT2D eigenvalue weighted by Crippen LogP contribution is 2.49. The van der Waals surface area contributed by atoms with Crippen LogP contribution in [0.3, 0.4) is 0 Å². The molecular formula is C27H29FN2O4. The van der Waals surface area contributed by atoms with E-state index in [4.69, 9.17) is 9.47 Å². The summed E-state index contributed by atoms with van der Waals surface area (Å²) in [6, 6.07) is 11.3. The summed E-state index contributed by atoms with van der Waals surface area (Å²) >= 11 is 0. The number of hydrogen-bond acceptors (Lipinski definition) is 5. The Morgan fingerprint density at radius 2 is 1.85 bits per heavy atom. The molecule has 2 aliphatic rings. The van der Waals surface area contributed by atoms with Crippen molar-refractivity contribution >= 4 is 17.4 Å². The maximum Gasteiger partial charge on any atom is 0.254 e. The Morgan fingerprint density at radius 1 is 1.12 bits per heavy atom. The summed E-state index contributed by atoms with van der Waals surface area (Å²) in [6.45, 7) is 5.90. The molecule has 4 rings (SSSR count). The first-order valence-corrected chi connectivity index (χ1v) is 11.2. The number of benzene rings is 2. The van der Waals surface area contributed by atoms with E-state index in [1.165, 1.54) is 12.1 Å². The molecule has 34 heavy (non-hydrogen) atoms. The number of anilines is 1. The molecule has 0 aromatic heterocycles. The van der Waals surface area contributed by atoms with Crippen molar-refractivity contribution in [1.29, 1.82) is 0 Å². The number of amides is 1. The molecular weight excluding hydrogens is 435 g/mol. The van der Waals surface area contributed by atoms with Gasteiger partial charge in [-0.2, -0.15) is 0 Å². The van der Waals surface area contributed by atoms with Gasteiger partial charge in [-0.3, -0.25) is 9.59 Å². The first-order chi connectivity index (χ1) is 16.1. The smallest absolute Gasteiger partial charge is 0.254 e. The summed E-state index contributed by atoms with van der Waals surface area (Å²) in [6.07, 6.45) is 1.02. The van der Waals surface area contributed by atoms with E-state index in [0.29, 0.717) is 46.7 Å². The van der Waals surface area contributed by atoms with E-state index in [9.17, 15) is 14.0 Å².